The molecule has 4 heterocycles. The Labute approximate surface area is 162 Å². The number of rotatable bonds is 3. The van der Waals surface area contributed by atoms with Crippen molar-refractivity contribution in [3.63, 3.8) is 0 Å². The van der Waals surface area contributed by atoms with Crippen LogP contribution in [0.5, 0.6) is 11.5 Å². The molecule has 144 valence electrons. The number of hydrogen-bond acceptors (Lipinski definition) is 6. The second kappa shape index (κ2) is 6.70. The number of nitrogens with one attached hydrogen (secondary N) is 1. The van der Waals surface area contributed by atoms with Gasteiger partial charge in [0.05, 0.1) is 5.92 Å². The Balaban J connectivity index is 1.33. The Hall–Kier alpha value is -3.29. The van der Waals surface area contributed by atoms with Gasteiger partial charge in [-0.2, -0.15) is 0 Å². The van der Waals surface area contributed by atoms with Crippen molar-refractivity contribution in [3.8, 4) is 11.5 Å². The standard InChI is InChI=1S/C20H21N5O3/c1-13-4-2-6-18-22-23-20(25(13)18)24-9-3-5-14(11-24)19(26)21-15-7-8-16-17(10-15)28-12-27-16/h2,4,6-8,10,14H,3,5,9,11-12H2,1H3,(H,21,26)/t14-/m1/s1. The van der Waals surface area contributed by atoms with E-state index in [0.717, 1.165) is 42.4 Å². The van der Waals surface area contributed by atoms with E-state index in [1.807, 2.05) is 41.7 Å². The van der Waals surface area contributed by atoms with Crippen LogP contribution in [0.4, 0.5) is 11.6 Å². The van der Waals surface area contributed by atoms with Crippen molar-refractivity contribution in [1.82, 2.24) is 14.6 Å². The first-order valence-corrected chi connectivity index (χ1v) is 9.45. The van der Waals surface area contributed by atoms with Crippen molar-refractivity contribution in [1.29, 1.82) is 0 Å². The van der Waals surface area contributed by atoms with Crippen molar-refractivity contribution < 1.29 is 14.3 Å². The van der Waals surface area contributed by atoms with Gasteiger partial charge in [0.15, 0.2) is 17.1 Å². The minimum Gasteiger partial charge on any atom is -0.454 e. The van der Waals surface area contributed by atoms with Crippen LogP contribution < -0.4 is 19.7 Å². The summed E-state index contributed by atoms with van der Waals surface area (Å²) in [6.07, 6.45) is 1.78. The molecule has 0 radical (unpaired) electrons. The number of hydrogen-bond donors (Lipinski definition) is 1. The fourth-order valence-corrected chi connectivity index (χ4v) is 3.88. The van der Waals surface area contributed by atoms with Crippen LogP contribution in [0.2, 0.25) is 0 Å². The molecule has 1 atom stereocenters. The Bertz CT molecular complexity index is 1050. The van der Waals surface area contributed by atoms with Gasteiger partial charge in [0.2, 0.25) is 18.6 Å². The van der Waals surface area contributed by atoms with Crippen molar-refractivity contribution in [2.45, 2.75) is 19.8 Å². The van der Waals surface area contributed by atoms with Crippen molar-refractivity contribution in [3.05, 3.63) is 42.1 Å². The van der Waals surface area contributed by atoms with E-state index in [0.29, 0.717) is 18.0 Å². The zero-order valence-electron chi connectivity index (χ0n) is 15.6. The zero-order valence-corrected chi connectivity index (χ0v) is 15.6. The summed E-state index contributed by atoms with van der Waals surface area (Å²) >= 11 is 0. The van der Waals surface area contributed by atoms with Gasteiger partial charge < -0.3 is 19.7 Å². The largest absolute Gasteiger partial charge is 0.454 e. The van der Waals surface area contributed by atoms with Crippen LogP contribution >= 0.6 is 0 Å². The first kappa shape index (κ1) is 16.9. The van der Waals surface area contributed by atoms with Crippen LogP contribution in [0.3, 0.4) is 0 Å². The van der Waals surface area contributed by atoms with Crippen LogP contribution in [-0.2, 0) is 4.79 Å². The Morgan fingerprint density at radius 2 is 2.07 bits per heavy atom. The summed E-state index contributed by atoms with van der Waals surface area (Å²) in [7, 11) is 0. The molecular weight excluding hydrogens is 358 g/mol. The predicted molar refractivity (Wildman–Crippen MR) is 104 cm³/mol. The molecule has 2 aliphatic rings. The summed E-state index contributed by atoms with van der Waals surface area (Å²) in [5.41, 5.74) is 2.61. The van der Waals surface area contributed by atoms with E-state index in [1.54, 1.807) is 6.07 Å². The molecule has 3 aromatic rings. The minimum absolute atomic E-state index is 0.00843. The third-order valence-electron chi connectivity index (χ3n) is 5.32. The number of anilines is 2. The minimum atomic E-state index is -0.115. The lowest BCUT2D eigenvalue weighted by Crippen LogP contribution is -2.41. The monoisotopic (exact) mass is 379 g/mol. The molecule has 0 spiro atoms. The molecule has 28 heavy (non-hydrogen) atoms. The third kappa shape index (κ3) is 2.90. The molecule has 5 rings (SSSR count). The highest BCUT2D eigenvalue weighted by atomic mass is 16.7. The second-order valence-electron chi connectivity index (χ2n) is 7.20. The van der Waals surface area contributed by atoms with E-state index in [2.05, 4.69) is 20.4 Å². The van der Waals surface area contributed by atoms with E-state index < -0.39 is 0 Å². The summed E-state index contributed by atoms with van der Waals surface area (Å²) in [6, 6.07) is 11.4. The van der Waals surface area contributed by atoms with Gasteiger partial charge in [-0.15, -0.1) is 10.2 Å². The average Bonchev–Trinajstić information content (AvgIpc) is 3.35. The molecule has 0 saturated carbocycles. The molecule has 1 saturated heterocycles. The molecule has 2 aromatic heterocycles. The summed E-state index contributed by atoms with van der Waals surface area (Å²) in [5.74, 6) is 2.06. The third-order valence-corrected chi connectivity index (χ3v) is 5.32. The van der Waals surface area contributed by atoms with E-state index in [9.17, 15) is 4.79 Å². The summed E-state index contributed by atoms with van der Waals surface area (Å²) < 4.78 is 12.7. The maximum atomic E-state index is 12.9. The van der Waals surface area contributed by atoms with Crippen LogP contribution in [0.1, 0.15) is 18.5 Å². The first-order chi connectivity index (χ1) is 13.7. The number of nitrogens with zero attached hydrogens (tertiary/aromatic N) is 4. The van der Waals surface area contributed by atoms with Crippen LogP contribution in [0.25, 0.3) is 5.65 Å². The average molecular weight is 379 g/mol. The lowest BCUT2D eigenvalue weighted by Gasteiger charge is -2.32. The number of amides is 1. The van der Waals surface area contributed by atoms with Gasteiger partial charge in [-0.3, -0.25) is 9.20 Å². The highest BCUT2D eigenvalue weighted by Gasteiger charge is 2.28. The SMILES string of the molecule is Cc1cccc2nnc(N3CCC[C@@H](C(=O)Nc4ccc5c(c4)OCO5)C3)n12. The summed E-state index contributed by atoms with van der Waals surface area (Å²) in [5, 5.41) is 11.7. The summed E-state index contributed by atoms with van der Waals surface area (Å²) in [4.78, 5) is 15.0. The molecule has 2 aliphatic heterocycles. The van der Waals surface area contributed by atoms with E-state index >= 15 is 0 Å². The lowest BCUT2D eigenvalue weighted by atomic mass is 9.97. The van der Waals surface area contributed by atoms with Gasteiger partial charge in [0, 0.05) is 30.5 Å². The Morgan fingerprint density at radius 1 is 1.18 bits per heavy atom. The Morgan fingerprint density at radius 3 is 3.00 bits per heavy atom. The quantitative estimate of drug-likeness (QED) is 0.753. The Kier molecular flexibility index (Phi) is 4.03. The van der Waals surface area contributed by atoms with Gasteiger partial charge in [-0.1, -0.05) is 6.07 Å². The molecule has 0 aliphatic carbocycles. The van der Waals surface area contributed by atoms with E-state index in [1.165, 1.54) is 0 Å². The molecule has 1 aromatic carbocycles. The molecular formula is C20H21N5O3. The smallest absolute Gasteiger partial charge is 0.231 e. The molecule has 1 fully saturated rings. The molecule has 1 N–H and O–H groups in total. The maximum absolute atomic E-state index is 12.9. The topological polar surface area (TPSA) is 81.0 Å². The number of carbonyl (C=O) groups excluding carboxylic acids is 1. The highest BCUT2D eigenvalue weighted by molar-refractivity contribution is 5.93. The number of pyridine rings is 1. The number of aromatic nitrogens is 3. The zero-order chi connectivity index (χ0) is 19.1. The van der Waals surface area contributed by atoms with Gasteiger partial charge >= 0.3 is 0 Å². The van der Waals surface area contributed by atoms with Gasteiger partial charge in [-0.25, -0.2) is 0 Å². The van der Waals surface area contributed by atoms with Crippen molar-refractivity contribution in [2.75, 3.05) is 30.1 Å². The molecule has 1 amide bonds. The van der Waals surface area contributed by atoms with Gasteiger partial charge in [0.25, 0.3) is 0 Å². The summed E-state index contributed by atoms with van der Waals surface area (Å²) in [6.45, 7) is 3.73. The normalized spacial score (nSPS) is 18.5. The maximum Gasteiger partial charge on any atom is 0.231 e. The number of fused-ring (bicyclic) bond motifs is 2. The number of ether oxygens (including phenoxy) is 2. The van der Waals surface area contributed by atoms with Crippen LogP contribution in [0.15, 0.2) is 36.4 Å². The fourth-order valence-electron chi connectivity index (χ4n) is 3.88. The molecule has 8 nitrogen and oxygen atoms in total. The van der Waals surface area contributed by atoms with Crippen molar-refractivity contribution in [2.24, 2.45) is 5.92 Å². The number of carbonyl (C=O) groups is 1. The van der Waals surface area contributed by atoms with Crippen LogP contribution in [0, 0.1) is 12.8 Å². The second-order valence-corrected chi connectivity index (χ2v) is 7.20. The molecule has 0 unspecified atom stereocenters. The van der Waals surface area contributed by atoms with E-state index in [4.69, 9.17) is 9.47 Å². The van der Waals surface area contributed by atoms with Crippen LogP contribution in [-0.4, -0.2) is 40.4 Å². The lowest BCUT2D eigenvalue weighted by molar-refractivity contribution is -0.120. The van der Waals surface area contributed by atoms with Crippen molar-refractivity contribution >= 4 is 23.2 Å². The highest BCUT2D eigenvalue weighted by Crippen LogP contribution is 2.34. The molecule has 8 heteroatoms. The predicted octanol–water partition coefficient (Wildman–Crippen LogP) is 2.62. The number of benzene rings is 1. The number of aryl methyl sites for hydroxylation is 1. The van der Waals surface area contributed by atoms with Gasteiger partial charge in [-0.05, 0) is 44.0 Å². The number of piperidine rings is 1. The van der Waals surface area contributed by atoms with Gasteiger partial charge in [0.1, 0.15) is 0 Å². The first-order valence-electron chi connectivity index (χ1n) is 9.45. The fraction of sp³-hybridized carbons (Fsp3) is 0.350. The molecule has 0 bridgehead atoms. The van der Waals surface area contributed by atoms with E-state index in [-0.39, 0.29) is 18.6 Å².